The molecule has 14 rings (SSSR count). The van der Waals surface area contributed by atoms with Crippen LogP contribution in [0.15, 0.2) is 186 Å². The molecule has 4 aliphatic rings. The number of rotatable bonds is 6. The molecule has 2 bridgehead atoms. The molecule has 0 N–H and O–H groups in total. The minimum atomic E-state index is -1.24. The predicted octanol–water partition coefficient (Wildman–Crippen LogP) is 17.8. The van der Waals surface area contributed by atoms with E-state index < -0.39 is 10.0 Å². The van der Waals surface area contributed by atoms with E-state index in [9.17, 15) is 0 Å². The summed E-state index contributed by atoms with van der Waals surface area (Å²) < 4.78 is 2.48. The summed E-state index contributed by atoms with van der Waals surface area (Å²) in [5.41, 5.74) is 16.7. The highest BCUT2D eigenvalue weighted by molar-refractivity contribution is 8.33. The Bertz CT molecular complexity index is 3740. The molecule has 3 aliphatic carbocycles. The Hall–Kier alpha value is -6.66. The standard InChI is InChI=1S/C65H55N3S2/c1-5-40-35-41-34-39(2)65(45(36-40)37-41)56-38-44(47-24-15-28-53-49-22-12-13-31-57(49)70(3,4)61(47)53)32-33-48(56)50-25-16-29-54(58(50)65)63-66-62(43-20-10-7-11-21-43)67-64(68-63)55-30-17-27-52-51-26-14-23-46(59(51)69-60(52)55)42-18-8-6-9-19-42/h6-33,38-41,45H,5,34-37H2,1-4H3. The number of nitrogens with zero attached hydrogens (tertiary/aromatic N) is 3. The van der Waals surface area contributed by atoms with Gasteiger partial charge in [-0.2, -0.15) is 10.0 Å². The summed E-state index contributed by atoms with van der Waals surface area (Å²) in [5, 5.41) is 2.49. The van der Waals surface area contributed by atoms with Crippen molar-refractivity contribution in [3.63, 3.8) is 0 Å². The third kappa shape index (κ3) is 6.10. The minimum absolute atomic E-state index is 0.204. The van der Waals surface area contributed by atoms with Crippen LogP contribution in [0.2, 0.25) is 0 Å². The van der Waals surface area contributed by atoms with Gasteiger partial charge in [0.1, 0.15) is 0 Å². The monoisotopic (exact) mass is 941 g/mol. The van der Waals surface area contributed by atoms with Gasteiger partial charge < -0.3 is 0 Å². The van der Waals surface area contributed by atoms with E-state index in [1.807, 2.05) is 11.3 Å². The van der Waals surface area contributed by atoms with Gasteiger partial charge in [0.2, 0.25) is 0 Å². The molecule has 5 unspecified atom stereocenters. The van der Waals surface area contributed by atoms with Gasteiger partial charge in [-0.25, -0.2) is 15.0 Å². The molecule has 0 radical (unpaired) electrons. The van der Waals surface area contributed by atoms with Crippen LogP contribution in [0.1, 0.15) is 57.1 Å². The van der Waals surface area contributed by atoms with Crippen LogP contribution in [0.5, 0.6) is 0 Å². The average molecular weight is 942 g/mol. The number of fused-ring (bicyclic) bond motifs is 14. The first-order valence-corrected chi connectivity index (χ1v) is 28.6. The smallest absolute Gasteiger partial charge is 0.165 e. The van der Waals surface area contributed by atoms with Crippen molar-refractivity contribution in [2.24, 2.45) is 23.7 Å². The molecule has 2 aromatic heterocycles. The van der Waals surface area contributed by atoms with Gasteiger partial charge in [0.05, 0.1) is 0 Å². The largest absolute Gasteiger partial charge is 0.208 e. The van der Waals surface area contributed by atoms with E-state index in [1.54, 1.807) is 0 Å². The van der Waals surface area contributed by atoms with Crippen LogP contribution in [0, 0.1) is 23.7 Å². The van der Waals surface area contributed by atoms with Crippen molar-refractivity contribution in [1.29, 1.82) is 0 Å². The van der Waals surface area contributed by atoms with Crippen LogP contribution in [-0.4, -0.2) is 27.5 Å². The van der Waals surface area contributed by atoms with Gasteiger partial charge in [-0.1, -0.05) is 178 Å². The van der Waals surface area contributed by atoms with Gasteiger partial charge >= 0.3 is 0 Å². The number of benzene rings is 8. The zero-order valence-corrected chi connectivity index (χ0v) is 41.9. The maximum atomic E-state index is 5.68. The Morgan fingerprint density at radius 2 is 1.10 bits per heavy atom. The van der Waals surface area contributed by atoms with Crippen molar-refractivity contribution in [2.75, 3.05) is 12.5 Å². The topological polar surface area (TPSA) is 38.7 Å². The Labute approximate surface area is 417 Å². The van der Waals surface area contributed by atoms with Crippen molar-refractivity contribution >= 4 is 41.5 Å². The Morgan fingerprint density at radius 1 is 0.500 bits per heavy atom. The normalized spacial score (nSPS) is 21.9. The zero-order valence-electron chi connectivity index (χ0n) is 40.2. The fourth-order valence-electron chi connectivity index (χ4n) is 14.3. The van der Waals surface area contributed by atoms with E-state index >= 15 is 0 Å². The predicted molar refractivity (Wildman–Crippen MR) is 296 cm³/mol. The van der Waals surface area contributed by atoms with Gasteiger partial charge in [-0.3, -0.25) is 0 Å². The average Bonchev–Trinajstić information content (AvgIpc) is 4.02. The Kier molecular flexibility index (Phi) is 9.61. The molecule has 1 spiro atoms. The molecular weight excluding hydrogens is 887 g/mol. The van der Waals surface area contributed by atoms with Crippen molar-refractivity contribution in [3.05, 3.63) is 187 Å². The molecule has 10 aromatic rings. The molecule has 2 fully saturated rings. The second kappa shape index (κ2) is 15.9. The highest BCUT2D eigenvalue weighted by Gasteiger charge is 2.58. The maximum Gasteiger partial charge on any atom is 0.165 e. The molecule has 5 heteroatoms. The van der Waals surface area contributed by atoms with Crippen LogP contribution in [0.3, 0.4) is 0 Å². The summed E-state index contributed by atoms with van der Waals surface area (Å²) in [5.74, 6) is 4.61. The Balaban J connectivity index is 0.998. The molecule has 342 valence electrons. The third-order valence-corrected chi connectivity index (χ3v) is 21.3. The summed E-state index contributed by atoms with van der Waals surface area (Å²) in [6.07, 6.45) is 11.3. The second-order valence-electron chi connectivity index (χ2n) is 21.0. The highest BCUT2D eigenvalue weighted by Crippen LogP contribution is 2.70. The SMILES string of the molecule is CCC1CC2CC(C)C3(c4cc(-c5cccc6c5S(C)(C)c5ccccc5-6)ccc4-c4cccc(-c5nc(-c6ccccc6)nc(-c6cccc7c6sc6c(-c8ccccc8)cccc67)n5)c43)C(C1)C2. The number of thiophene rings is 1. The molecule has 1 aliphatic heterocycles. The third-order valence-electron chi connectivity index (χ3n) is 17.1. The lowest BCUT2D eigenvalue weighted by Crippen LogP contribution is -2.49. The van der Waals surface area contributed by atoms with Crippen LogP contribution in [0.25, 0.3) is 98.8 Å². The summed E-state index contributed by atoms with van der Waals surface area (Å²) in [6, 6.07) is 65.6. The lowest BCUT2D eigenvalue weighted by molar-refractivity contribution is 0.0371. The van der Waals surface area contributed by atoms with Crippen molar-refractivity contribution in [3.8, 4) is 78.7 Å². The van der Waals surface area contributed by atoms with E-state index in [0.29, 0.717) is 17.7 Å². The van der Waals surface area contributed by atoms with Gasteiger partial charge in [0.15, 0.2) is 17.5 Å². The summed E-state index contributed by atoms with van der Waals surface area (Å²) in [4.78, 5) is 19.7. The molecule has 3 heterocycles. The Morgan fingerprint density at radius 3 is 1.87 bits per heavy atom. The van der Waals surface area contributed by atoms with Crippen LogP contribution in [-0.2, 0) is 5.41 Å². The van der Waals surface area contributed by atoms with E-state index in [0.717, 1.165) is 40.2 Å². The first kappa shape index (κ1) is 42.2. The molecule has 70 heavy (non-hydrogen) atoms. The number of hydrogen-bond acceptors (Lipinski definition) is 4. The molecule has 2 saturated carbocycles. The van der Waals surface area contributed by atoms with E-state index in [2.05, 4.69) is 202 Å². The maximum absolute atomic E-state index is 5.68. The summed E-state index contributed by atoms with van der Waals surface area (Å²) >= 11 is 1.85. The number of hydrogen-bond donors (Lipinski definition) is 0. The van der Waals surface area contributed by atoms with Crippen molar-refractivity contribution in [2.45, 2.75) is 61.2 Å². The van der Waals surface area contributed by atoms with Crippen LogP contribution in [0.4, 0.5) is 0 Å². The molecule has 3 nitrogen and oxygen atoms in total. The minimum Gasteiger partial charge on any atom is -0.208 e. The second-order valence-corrected chi connectivity index (χ2v) is 25.6. The molecular formula is C65H55N3S2. The first-order valence-electron chi connectivity index (χ1n) is 25.4. The van der Waals surface area contributed by atoms with Crippen molar-refractivity contribution in [1.82, 2.24) is 15.0 Å². The van der Waals surface area contributed by atoms with Gasteiger partial charge in [0, 0.05) is 52.1 Å². The molecule has 8 aromatic carbocycles. The molecule has 0 saturated heterocycles. The van der Waals surface area contributed by atoms with Gasteiger partial charge in [0.25, 0.3) is 0 Å². The summed E-state index contributed by atoms with van der Waals surface area (Å²) in [6.45, 7) is 5.02. The van der Waals surface area contributed by atoms with E-state index in [-0.39, 0.29) is 5.41 Å². The molecule has 5 atom stereocenters. The zero-order chi connectivity index (χ0) is 46.9. The number of aromatic nitrogens is 3. The van der Waals surface area contributed by atoms with E-state index in [4.69, 9.17) is 15.0 Å². The van der Waals surface area contributed by atoms with Crippen LogP contribution >= 0.6 is 21.4 Å². The lowest BCUT2D eigenvalue weighted by atomic mass is 9.49. The fraction of sp³-hybridized carbons (Fsp3) is 0.215. The fourth-order valence-corrected chi connectivity index (χ4v) is 18.4. The first-order chi connectivity index (χ1) is 34.3. The van der Waals surface area contributed by atoms with Crippen molar-refractivity contribution < 1.29 is 0 Å². The highest BCUT2D eigenvalue weighted by atomic mass is 32.3. The molecule has 0 amide bonds. The van der Waals surface area contributed by atoms with Gasteiger partial charge in [-0.05, 0) is 136 Å². The summed E-state index contributed by atoms with van der Waals surface area (Å²) in [7, 11) is -1.24. The van der Waals surface area contributed by atoms with Crippen LogP contribution < -0.4 is 0 Å². The lowest BCUT2D eigenvalue weighted by Gasteiger charge is -2.55. The van der Waals surface area contributed by atoms with E-state index in [1.165, 1.54) is 118 Å². The quantitative estimate of drug-likeness (QED) is 0.167. The van der Waals surface area contributed by atoms with Gasteiger partial charge in [-0.15, -0.1) is 11.3 Å².